The maximum Gasteiger partial charge on any atom is 0.133 e. The first-order valence-electron chi connectivity index (χ1n) is 12.0. The first-order chi connectivity index (χ1) is 17.7. The van der Waals surface area contributed by atoms with E-state index in [0.717, 1.165) is 39.8 Å². The Bertz CT molecular complexity index is 1680. The van der Waals surface area contributed by atoms with E-state index in [1.54, 1.807) is 11.3 Å². The molecule has 5 aromatic rings. The molecule has 0 saturated carbocycles. The van der Waals surface area contributed by atoms with E-state index in [1.807, 2.05) is 6.07 Å². The van der Waals surface area contributed by atoms with Crippen LogP contribution < -0.4 is 4.90 Å². The first-order valence-corrected chi connectivity index (χ1v) is 12.9. The molecule has 172 valence electrons. The molecule has 1 aliphatic rings. The average Bonchev–Trinajstić information content (AvgIpc) is 3.44. The largest absolute Gasteiger partial charge is 0.322 e. The van der Waals surface area contributed by atoms with Gasteiger partial charge < -0.3 is 4.90 Å². The number of rotatable bonds is 3. The molecular formula is C33H24N2S. The predicted octanol–water partition coefficient (Wildman–Crippen LogP) is 8.37. The molecule has 0 bridgehead atoms. The molecule has 36 heavy (non-hydrogen) atoms. The van der Waals surface area contributed by atoms with Crippen LogP contribution in [0.5, 0.6) is 0 Å². The summed E-state index contributed by atoms with van der Waals surface area (Å²) in [5.41, 5.74) is 6.76. The van der Waals surface area contributed by atoms with Gasteiger partial charge in [0.2, 0.25) is 0 Å². The lowest BCUT2D eigenvalue weighted by atomic mass is 10.0. The summed E-state index contributed by atoms with van der Waals surface area (Å²) in [7, 11) is 0. The van der Waals surface area contributed by atoms with Crippen LogP contribution >= 0.6 is 11.3 Å². The predicted molar refractivity (Wildman–Crippen MR) is 154 cm³/mol. The first kappa shape index (κ1) is 22.1. The van der Waals surface area contributed by atoms with Gasteiger partial charge in [-0.3, -0.25) is 0 Å². The molecule has 1 aliphatic heterocycles. The smallest absolute Gasteiger partial charge is 0.133 e. The van der Waals surface area contributed by atoms with Crippen molar-refractivity contribution in [1.29, 1.82) is 0 Å². The van der Waals surface area contributed by atoms with Crippen molar-refractivity contribution in [2.24, 2.45) is 4.99 Å². The van der Waals surface area contributed by atoms with E-state index >= 15 is 0 Å². The minimum Gasteiger partial charge on any atom is -0.322 e. The summed E-state index contributed by atoms with van der Waals surface area (Å²) in [5, 5.41) is 4.54. The van der Waals surface area contributed by atoms with E-state index < -0.39 is 0 Å². The molecule has 0 radical (unpaired) electrons. The lowest BCUT2D eigenvalue weighted by molar-refractivity contribution is 0.975. The summed E-state index contributed by atoms with van der Waals surface area (Å²) in [6.45, 7) is 2.93. The highest BCUT2D eigenvalue weighted by atomic mass is 32.1. The highest BCUT2D eigenvalue weighted by molar-refractivity contribution is 7.10. The number of hydrogen-bond donors (Lipinski definition) is 0. The van der Waals surface area contributed by atoms with E-state index in [4.69, 9.17) is 4.99 Å². The van der Waals surface area contributed by atoms with E-state index in [-0.39, 0.29) is 0 Å². The van der Waals surface area contributed by atoms with E-state index in [0.29, 0.717) is 0 Å². The van der Waals surface area contributed by atoms with Gasteiger partial charge in [0.1, 0.15) is 5.84 Å². The molecule has 0 N–H and O–H groups in total. The van der Waals surface area contributed by atoms with Crippen LogP contribution in [0.1, 0.15) is 27.1 Å². The van der Waals surface area contributed by atoms with Crippen molar-refractivity contribution in [3.8, 4) is 11.8 Å². The van der Waals surface area contributed by atoms with Gasteiger partial charge in [0, 0.05) is 11.3 Å². The lowest BCUT2D eigenvalue weighted by Gasteiger charge is -2.30. The van der Waals surface area contributed by atoms with Gasteiger partial charge in [-0.05, 0) is 82.2 Å². The van der Waals surface area contributed by atoms with Gasteiger partial charge in [-0.1, -0.05) is 78.6 Å². The Balaban J connectivity index is 1.35. The van der Waals surface area contributed by atoms with E-state index in [2.05, 4.69) is 132 Å². The van der Waals surface area contributed by atoms with Crippen LogP contribution in [0, 0.1) is 18.8 Å². The number of nitrogens with zero attached hydrogens (tertiary/aromatic N) is 2. The Kier molecular flexibility index (Phi) is 5.95. The number of para-hydroxylation sites is 1. The van der Waals surface area contributed by atoms with Gasteiger partial charge in [-0.2, -0.15) is 0 Å². The molecule has 4 aromatic carbocycles. The number of thiophene rings is 1. The van der Waals surface area contributed by atoms with Crippen LogP contribution in [-0.4, -0.2) is 5.84 Å². The van der Waals surface area contributed by atoms with Crippen LogP contribution in [-0.2, 0) is 6.54 Å². The number of benzene rings is 4. The molecule has 6 rings (SSSR count). The van der Waals surface area contributed by atoms with Gasteiger partial charge in [0.15, 0.2) is 0 Å². The van der Waals surface area contributed by atoms with Crippen molar-refractivity contribution in [3.63, 3.8) is 0 Å². The van der Waals surface area contributed by atoms with Gasteiger partial charge in [-0.15, -0.1) is 11.3 Å². The Labute approximate surface area is 215 Å². The second-order valence-electron chi connectivity index (χ2n) is 8.85. The molecule has 0 amide bonds. The van der Waals surface area contributed by atoms with Crippen LogP contribution in [0.25, 0.3) is 16.8 Å². The van der Waals surface area contributed by atoms with E-state index in [9.17, 15) is 0 Å². The zero-order chi connectivity index (χ0) is 24.3. The van der Waals surface area contributed by atoms with Gasteiger partial charge in [0.05, 0.1) is 17.1 Å². The molecule has 2 nitrogen and oxygen atoms in total. The number of aryl methyl sites for hydroxylation is 1. The summed E-state index contributed by atoms with van der Waals surface area (Å²) < 4.78 is 0. The normalized spacial score (nSPS) is 12.8. The number of aliphatic imine (C=N–C) groups is 1. The van der Waals surface area contributed by atoms with Gasteiger partial charge in [0.25, 0.3) is 0 Å². The molecule has 1 aromatic heterocycles. The van der Waals surface area contributed by atoms with Gasteiger partial charge >= 0.3 is 0 Å². The second-order valence-corrected chi connectivity index (χ2v) is 9.80. The second kappa shape index (κ2) is 9.70. The maximum atomic E-state index is 5.04. The third-order valence-corrected chi connectivity index (χ3v) is 7.15. The molecular weight excluding hydrogens is 456 g/mol. The van der Waals surface area contributed by atoms with Crippen molar-refractivity contribution in [3.05, 3.63) is 136 Å². The minimum absolute atomic E-state index is 0.776. The Hall–Kier alpha value is -4.39. The number of anilines is 1. The van der Waals surface area contributed by atoms with Crippen LogP contribution in [0.15, 0.2) is 114 Å². The molecule has 0 spiro atoms. The topological polar surface area (TPSA) is 15.6 Å². The minimum atomic E-state index is 0.776. The summed E-state index contributed by atoms with van der Waals surface area (Å²) in [6, 6.07) is 33.9. The molecule has 3 heteroatoms. The Morgan fingerprint density at radius 2 is 1.67 bits per heavy atom. The fourth-order valence-electron chi connectivity index (χ4n) is 4.53. The van der Waals surface area contributed by atoms with Crippen molar-refractivity contribution < 1.29 is 0 Å². The third-order valence-electron chi connectivity index (χ3n) is 6.37. The molecule has 0 fully saturated rings. The highest BCUT2D eigenvalue weighted by Crippen LogP contribution is 2.32. The average molecular weight is 481 g/mol. The molecule has 0 saturated heterocycles. The van der Waals surface area contributed by atoms with Gasteiger partial charge in [-0.25, -0.2) is 4.99 Å². The summed E-state index contributed by atoms with van der Waals surface area (Å²) >= 11 is 1.66. The maximum absolute atomic E-state index is 5.04. The molecule has 0 aliphatic carbocycles. The molecule has 0 atom stereocenters. The van der Waals surface area contributed by atoms with Crippen molar-refractivity contribution in [2.45, 2.75) is 13.5 Å². The summed E-state index contributed by atoms with van der Waals surface area (Å²) in [5.74, 6) is 7.50. The summed E-state index contributed by atoms with van der Waals surface area (Å²) in [4.78, 5) is 8.42. The Morgan fingerprint density at radius 3 is 2.53 bits per heavy atom. The monoisotopic (exact) mass is 480 g/mol. The molecule has 2 heterocycles. The highest BCUT2D eigenvalue weighted by Gasteiger charge is 2.20. The molecule has 0 unspecified atom stereocenters. The van der Waals surface area contributed by atoms with Crippen molar-refractivity contribution in [2.75, 3.05) is 4.90 Å². The zero-order valence-corrected chi connectivity index (χ0v) is 20.8. The van der Waals surface area contributed by atoms with Crippen LogP contribution in [0.4, 0.5) is 11.4 Å². The fraction of sp³-hybridized carbons (Fsp3) is 0.0606. The Morgan fingerprint density at radius 1 is 0.806 bits per heavy atom. The fourth-order valence-corrected chi connectivity index (χ4v) is 5.10. The standard InChI is InChI=1S/C33H24N2S/c1-24-21-25(13-17-30-10-6-20-36-30)14-18-32(24)35-23-29-9-4-5-11-31(29)34-33(35)19-15-26-12-16-27-7-2-3-8-28(27)22-26/h2-12,14-16,18-22H,23H2,1H3/b19-15+. The number of amidine groups is 1. The van der Waals surface area contributed by atoms with Crippen molar-refractivity contribution >= 4 is 45.4 Å². The van der Waals surface area contributed by atoms with Crippen LogP contribution in [0.2, 0.25) is 0 Å². The third kappa shape index (κ3) is 4.60. The SMILES string of the molecule is Cc1cc(C#Cc2cccs2)ccc1N1Cc2ccccc2N=C1/C=C/c1ccc2ccccc2c1. The quantitative estimate of drug-likeness (QED) is 0.237. The number of fused-ring (bicyclic) bond motifs is 2. The van der Waals surface area contributed by atoms with E-state index in [1.165, 1.54) is 21.9 Å². The summed E-state index contributed by atoms with van der Waals surface area (Å²) in [6.07, 6.45) is 4.28. The van der Waals surface area contributed by atoms with Crippen molar-refractivity contribution in [1.82, 2.24) is 0 Å². The lowest BCUT2D eigenvalue weighted by Crippen LogP contribution is -2.31. The zero-order valence-electron chi connectivity index (χ0n) is 20.0. The van der Waals surface area contributed by atoms with Crippen LogP contribution in [0.3, 0.4) is 0 Å². The number of hydrogen-bond acceptors (Lipinski definition) is 3.